The maximum atomic E-state index is 5.67. The summed E-state index contributed by atoms with van der Waals surface area (Å²) in [6.45, 7) is 6.53. The van der Waals surface area contributed by atoms with Crippen molar-refractivity contribution in [1.82, 2.24) is 10.6 Å². The van der Waals surface area contributed by atoms with E-state index in [0.29, 0.717) is 6.04 Å². The van der Waals surface area contributed by atoms with E-state index < -0.39 is 0 Å². The minimum absolute atomic E-state index is 0.282. The third-order valence-corrected chi connectivity index (χ3v) is 4.78. The molecule has 2 atom stereocenters. The number of hydrogen-bond acceptors (Lipinski definition) is 4. The smallest absolute Gasteiger partial charge is 0.191 e. The van der Waals surface area contributed by atoms with Crippen LogP contribution in [0, 0.1) is 0 Å². The van der Waals surface area contributed by atoms with Gasteiger partial charge in [0.05, 0.1) is 25.4 Å². The van der Waals surface area contributed by atoms with Crippen molar-refractivity contribution >= 4 is 11.6 Å². The molecule has 2 aliphatic heterocycles. The van der Waals surface area contributed by atoms with Crippen LogP contribution in [0.1, 0.15) is 26.2 Å². The number of guanidine groups is 1. The second-order valence-corrected chi connectivity index (χ2v) is 6.60. The molecule has 1 aromatic rings. The van der Waals surface area contributed by atoms with Gasteiger partial charge in [-0.2, -0.15) is 0 Å². The summed E-state index contributed by atoms with van der Waals surface area (Å²) in [5.74, 6) is 1.83. The first-order chi connectivity index (χ1) is 12.3. The number of nitrogens with one attached hydrogen (secondary N) is 2. The molecule has 0 aromatic heterocycles. The van der Waals surface area contributed by atoms with E-state index in [4.69, 9.17) is 14.5 Å². The van der Waals surface area contributed by atoms with Crippen LogP contribution in [-0.2, 0) is 4.74 Å². The van der Waals surface area contributed by atoms with Crippen molar-refractivity contribution < 1.29 is 9.47 Å². The van der Waals surface area contributed by atoms with E-state index in [9.17, 15) is 0 Å². The van der Waals surface area contributed by atoms with E-state index in [1.54, 1.807) is 7.11 Å². The third-order valence-electron chi connectivity index (χ3n) is 4.78. The van der Waals surface area contributed by atoms with Crippen molar-refractivity contribution in [2.75, 3.05) is 44.8 Å². The van der Waals surface area contributed by atoms with Gasteiger partial charge in [0.2, 0.25) is 0 Å². The first-order valence-electron chi connectivity index (χ1n) is 9.34. The molecule has 0 saturated carbocycles. The van der Waals surface area contributed by atoms with E-state index in [1.807, 2.05) is 12.1 Å². The van der Waals surface area contributed by atoms with Crippen LogP contribution in [-0.4, -0.2) is 58.0 Å². The molecule has 2 aliphatic rings. The van der Waals surface area contributed by atoms with Crippen LogP contribution in [0.5, 0.6) is 5.75 Å². The Labute approximate surface area is 150 Å². The summed E-state index contributed by atoms with van der Waals surface area (Å²) < 4.78 is 11.2. The Hall–Kier alpha value is -1.95. The summed E-state index contributed by atoms with van der Waals surface area (Å²) >= 11 is 0. The van der Waals surface area contributed by atoms with Gasteiger partial charge >= 0.3 is 0 Å². The summed E-state index contributed by atoms with van der Waals surface area (Å²) in [7, 11) is 1.73. The Kier molecular flexibility index (Phi) is 6.39. The quantitative estimate of drug-likeness (QED) is 0.610. The van der Waals surface area contributed by atoms with Crippen molar-refractivity contribution in [3.8, 4) is 5.75 Å². The molecule has 6 heteroatoms. The molecule has 0 amide bonds. The first-order valence-corrected chi connectivity index (χ1v) is 9.34. The fraction of sp³-hybridized carbons (Fsp3) is 0.632. The van der Waals surface area contributed by atoms with Gasteiger partial charge in [-0.1, -0.05) is 12.1 Å². The molecule has 2 N–H and O–H groups in total. The van der Waals surface area contributed by atoms with Gasteiger partial charge in [0, 0.05) is 32.3 Å². The van der Waals surface area contributed by atoms with Crippen LogP contribution in [0.15, 0.2) is 29.3 Å². The van der Waals surface area contributed by atoms with E-state index in [2.05, 4.69) is 34.6 Å². The maximum absolute atomic E-state index is 5.67. The zero-order valence-electron chi connectivity index (χ0n) is 15.3. The van der Waals surface area contributed by atoms with E-state index in [-0.39, 0.29) is 6.10 Å². The number of benzene rings is 1. The fourth-order valence-electron chi connectivity index (χ4n) is 3.48. The number of para-hydroxylation sites is 2. The predicted octanol–water partition coefficient (Wildman–Crippen LogP) is 2.01. The number of methoxy groups -OCH3 is 1. The molecule has 25 heavy (non-hydrogen) atoms. The molecular formula is C19H30N4O2. The van der Waals surface area contributed by atoms with Crippen molar-refractivity contribution in [1.29, 1.82) is 0 Å². The van der Waals surface area contributed by atoms with Crippen LogP contribution in [0.25, 0.3) is 0 Å². The Morgan fingerprint density at radius 1 is 1.36 bits per heavy atom. The Bertz CT molecular complexity index is 572. The van der Waals surface area contributed by atoms with Crippen LogP contribution in [0.2, 0.25) is 0 Å². The Balaban J connectivity index is 1.57. The lowest BCUT2D eigenvalue weighted by Gasteiger charge is -2.22. The Morgan fingerprint density at radius 3 is 3.00 bits per heavy atom. The predicted molar refractivity (Wildman–Crippen MR) is 102 cm³/mol. The summed E-state index contributed by atoms with van der Waals surface area (Å²) in [6, 6.07) is 8.59. The molecule has 0 bridgehead atoms. The monoisotopic (exact) mass is 346 g/mol. The molecule has 0 spiro atoms. The maximum Gasteiger partial charge on any atom is 0.191 e. The molecule has 0 aliphatic carbocycles. The zero-order chi connectivity index (χ0) is 17.5. The first kappa shape index (κ1) is 17.9. The van der Waals surface area contributed by atoms with Gasteiger partial charge in [0.25, 0.3) is 0 Å². The highest BCUT2D eigenvalue weighted by Gasteiger charge is 2.25. The second kappa shape index (κ2) is 8.94. The number of aliphatic imine (C=N–C) groups is 1. The second-order valence-electron chi connectivity index (χ2n) is 6.60. The van der Waals surface area contributed by atoms with E-state index in [0.717, 1.165) is 69.4 Å². The molecule has 2 unspecified atom stereocenters. The number of ether oxygens (including phenoxy) is 2. The average molecular weight is 346 g/mol. The highest BCUT2D eigenvalue weighted by Crippen LogP contribution is 2.30. The lowest BCUT2D eigenvalue weighted by molar-refractivity contribution is 0.117. The van der Waals surface area contributed by atoms with Crippen molar-refractivity contribution in [2.45, 2.75) is 38.3 Å². The Morgan fingerprint density at radius 2 is 2.24 bits per heavy atom. The fourth-order valence-corrected chi connectivity index (χ4v) is 3.48. The van der Waals surface area contributed by atoms with E-state index in [1.165, 1.54) is 0 Å². The molecule has 1 aromatic carbocycles. The van der Waals surface area contributed by atoms with Crippen molar-refractivity contribution in [3.05, 3.63) is 24.3 Å². The molecule has 6 nitrogen and oxygen atoms in total. The highest BCUT2D eigenvalue weighted by atomic mass is 16.5. The number of anilines is 1. The van der Waals surface area contributed by atoms with Gasteiger partial charge in [0.15, 0.2) is 5.96 Å². The van der Waals surface area contributed by atoms with Crippen molar-refractivity contribution in [3.63, 3.8) is 0 Å². The number of nitrogens with zero attached hydrogens (tertiary/aromatic N) is 2. The molecule has 3 rings (SSSR count). The van der Waals surface area contributed by atoms with E-state index >= 15 is 0 Å². The third kappa shape index (κ3) is 4.78. The van der Waals surface area contributed by atoms with Gasteiger partial charge in [0.1, 0.15) is 5.75 Å². The lowest BCUT2D eigenvalue weighted by Crippen LogP contribution is -2.45. The van der Waals surface area contributed by atoms with Gasteiger partial charge in [-0.3, -0.25) is 4.99 Å². The standard InChI is InChI=1S/C19H30N4O2/c1-3-20-19(21-13-16-7-6-12-25-16)22-15-10-11-23(14-15)17-8-4-5-9-18(17)24-2/h4-5,8-9,15-16H,3,6-7,10-14H2,1-2H3,(H2,20,21,22). The summed E-state index contributed by atoms with van der Waals surface area (Å²) in [5.41, 5.74) is 1.16. The van der Waals surface area contributed by atoms with Crippen LogP contribution < -0.4 is 20.3 Å². The highest BCUT2D eigenvalue weighted by molar-refractivity contribution is 5.80. The van der Waals surface area contributed by atoms with Crippen LogP contribution >= 0.6 is 0 Å². The molecule has 2 heterocycles. The molecule has 0 radical (unpaired) electrons. The molecular weight excluding hydrogens is 316 g/mol. The number of rotatable bonds is 6. The summed E-state index contributed by atoms with van der Waals surface area (Å²) in [6.07, 6.45) is 3.64. The number of hydrogen-bond donors (Lipinski definition) is 2. The lowest BCUT2D eigenvalue weighted by atomic mass is 10.2. The van der Waals surface area contributed by atoms with Crippen molar-refractivity contribution in [2.24, 2.45) is 4.99 Å². The largest absolute Gasteiger partial charge is 0.495 e. The SMILES string of the molecule is CCNC(=NCC1CCCO1)NC1CCN(c2ccccc2OC)C1. The summed E-state index contributed by atoms with van der Waals surface area (Å²) in [5, 5.41) is 6.93. The zero-order valence-corrected chi connectivity index (χ0v) is 15.3. The van der Waals surface area contributed by atoms with Gasteiger partial charge in [-0.05, 0) is 38.3 Å². The topological polar surface area (TPSA) is 58.1 Å². The van der Waals surface area contributed by atoms with Crippen LogP contribution in [0.3, 0.4) is 0 Å². The van der Waals surface area contributed by atoms with Gasteiger partial charge < -0.3 is 25.0 Å². The molecule has 2 fully saturated rings. The average Bonchev–Trinajstić information content (AvgIpc) is 3.32. The summed E-state index contributed by atoms with van der Waals surface area (Å²) in [4.78, 5) is 7.09. The van der Waals surface area contributed by atoms with Gasteiger partial charge in [-0.15, -0.1) is 0 Å². The van der Waals surface area contributed by atoms with Crippen LogP contribution in [0.4, 0.5) is 5.69 Å². The minimum atomic E-state index is 0.282. The van der Waals surface area contributed by atoms with Gasteiger partial charge in [-0.25, -0.2) is 0 Å². The molecule has 138 valence electrons. The molecule has 2 saturated heterocycles. The normalized spacial score (nSPS) is 23.8. The minimum Gasteiger partial charge on any atom is -0.495 e.